The van der Waals surface area contributed by atoms with Gasteiger partial charge in [0, 0.05) is 43.0 Å². The van der Waals surface area contributed by atoms with E-state index in [0.717, 1.165) is 36.8 Å². The molecule has 132 valence electrons. The molecule has 5 rings (SSSR count). The summed E-state index contributed by atoms with van der Waals surface area (Å²) in [6.45, 7) is 1.61. The number of pyridine rings is 1. The monoisotopic (exact) mass is 349 g/mol. The minimum atomic E-state index is -0.0579. The Bertz CT molecular complexity index is 951. The Kier molecular flexibility index (Phi) is 3.55. The molecule has 3 aromatic rings. The fourth-order valence-electron chi connectivity index (χ4n) is 3.42. The second kappa shape index (κ2) is 6.05. The Balaban J connectivity index is 1.30. The van der Waals surface area contributed by atoms with Crippen LogP contribution in [0.5, 0.6) is 0 Å². The van der Waals surface area contributed by atoms with Gasteiger partial charge < -0.3 is 10.2 Å². The summed E-state index contributed by atoms with van der Waals surface area (Å²) in [6.07, 6.45) is 6.49. The van der Waals surface area contributed by atoms with Gasteiger partial charge in [0.15, 0.2) is 11.5 Å². The Morgan fingerprint density at radius 1 is 1.08 bits per heavy atom. The van der Waals surface area contributed by atoms with Gasteiger partial charge in [0.25, 0.3) is 5.91 Å². The molecule has 1 saturated carbocycles. The van der Waals surface area contributed by atoms with Gasteiger partial charge in [-0.3, -0.25) is 9.78 Å². The Morgan fingerprint density at radius 3 is 2.73 bits per heavy atom. The van der Waals surface area contributed by atoms with Crippen LogP contribution in [-0.4, -0.2) is 49.8 Å². The van der Waals surface area contributed by atoms with E-state index >= 15 is 0 Å². The number of nitrogens with one attached hydrogen (secondary N) is 1. The number of hydrogen-bond acceptors (Lipinski definition) is 6. The summed E-state index contributed by atoms with van der Waals surface area (Å²) >= 11 is 0. The molecule has 0 spiro atoms. The van der Waals surface area contributed by atoms with Crippen LogP contribution in [-0.2, 0) is 0 Å². The van der Waals surface area contributed by atoms with Crippen LogP contribution < -0.4 is 10.2 Å². The van der Waals surface area contributed by atoms with E-state index in [1.54, 1.807) is 24.5 Å². The molecule has 0 aromatic carbocycles. The van der Waals surface area contributed by atoms with Gasteiger partial charge in [-0.15, -0.1) is 15.3 Å². The Hall–Kier alpha value is -3.03. The lowest BCUT2D eigenvalue weighted by molar-refractivity contribution is 0.0940. The number of amides is 1. The highest BCUT2D eigenvalue weighted by Crippen LogP contribution is 2.38. The fourth-order valence-corrected chi connectivity index (χ4v) is 3.42. The topological polar surface area (TPSA) is 88.3 Å². The smallest absolute Gasteiger partial charge is 0.251 e. The standard InChI is InChI=1S/C18H19N7O/c26-18(13-5-8-19-9-6-13)20-14-7-10-24(11-14)16-4-3-15-21-22-17(12-1-2-12)25(15)23-16/h3-6,8-9,12,14H,1-2,7,10-11H2,(H,20,26). The maximum absolute atomic E-state index is 12.3. The zero-order valence-electron chi connectivity index (χ0n) is 14.2. The minimum absolute atomic E-state index is 0.0579. The number of rotatable bonds is 4. The summed E-state index contributed by atoms with van der Waals surface area (Å²) in [5.41, 5.74) is 1.42. The quantitative estimate of drug-likeness (QED) is 0.766. The highest BCUT2D eigenvalue weighted by molar-refractivity contribution is 5.94. The van der Waals surface area contributed by atoms with Crippen LogP contribution in [0.3, 0.4) is 0 Å². The lowest BCUT2D eigenvalue weighted by Crippen LogP contribution is -2.37. The minimum Gasteiger partial charge on any atom is -0.353 e. The zero-order valence-corrected chi connectivity index (χ0v) is 14.2. The maximum atomic E-state index is 12.3. The van der Waals surface area contributed by atoms with Crippen molar-refractivity contribution in [1.29, 1.82) is 0 Å². The molecule has 1 atom stereocenters. The van der Waals surface area contributed by atoms with E-state index in [4.69, 9.17) is 5.10 Å². The number of fused-ring (bicyclic) bond motifs is 1. The third-order valence-electron chi connectivity index (χ3n) is 5.01. The second-order valence-corrected chi connectivity index (χ2v) is 6.93. The van der Waals surface area contributed by atoms with E-state index < -0.39 is 0 Å². The Labute approximate surface area is 150 Å². The molecule has 1 aliphatic carbocycles. The molecule has 4 heterocycles. The van der Waals surface area contributed by atoms with Gasteiger partial charge in [0.1, 0.15) is 5.82 Å². The SMILES string of the molecule is O=C(NC1CCN(c2ccc3nnc(C4CC4)n3n2)C1)c1ccncc1. The molecule has 8 heteroatoms. The van der Waals surface area contributed by atoms with Gasteiger partial charge in [-0.05, 0) is 43.5 Å². The van der Waals surface area contributed by atoms with Crippen molar-refractivity contribution < 1.29 is 4.79 Å². The summed E-state index contributed by atoms with van der Waals surface area (Å²) in [6, 6.07) is 7.50. The van der Waals surface area contributed by atoms with Crippen molar-refractivity contribution in [2.24, 2.45) is 0 Å². The van der Waals surface area contributed by atoms with Gasteiger partial charge in [-0.1, -0.05) is 0 Å². The second-order valence-electron chi connectivity index (χ2n) is 6.93. The van der Waals surface area contributed by atoms with Crippen LogP contribution in [0.15, 0.2) is 36.7 Å². The molecule has 1 aliphatic heterocycles. The van der Waals surface area contributed by atoms with Crippen LogP contribution in [0.25, 0.3) is 5.65 Å². The van der Waals surface area contributed by atoms with Gasteiger partial charge in [0.05, 0.1) is 0 Å². The fraction of sp³-hybridized carbons (Fsp3) is 0.389. The number of carbonyl (C=O) groups excluding carboxylic acids is 1. The van der Waals surface area contributed by atoms with Crippen molar-refractivity contribution in [3.05, 3.63) is 48.0 Å². The van der Waals surface area contributed by atoms with Crippen molar-refractivity contribution in [3.63, 3.8) is 0 Å². The lowest BCUT2D eigenvalue weighted by Gasteiger charge is -2.18. The highest BCUT2D eigenvalue weighted by atomic mass is 16.1. The lowest BCUT2D eigenvalue weighted by atomic mass is 10.2. The first-order valence-corrected chi connectivity index (χ1v) is 8.96. The molecule has 8 nitrogen and oxygen atoms in total. The molecule has 26 heavy (non-hydrogen) atoms. The summed E-state index contributed by atoms with van der Waals surface area (Å²) in [4.78, 5) is 18.5. The molecule has 2 aliphatic rings. The number of nitrogens with zero attached hydrogens (tertiary/aromatic N) is 6. The first-order valence-electron chi connectivity index (χ1n) is 8.96. The zero-order chi connectivity index (χ0) is 17.5. The van der Waals surface area contributed by atoms with E-state index in [2.05, 4.69) is 25.4 Å². The van der Waals surface area contributed by atoms with E-state index in [0.29, 0.717) is 11.5 Å². The van der Waals surface area contributed by atoms with Crippen molar-refractivity contribution >= 4 is 17.4 Å². The normalized spacial score (nSPS) is 19.8. The number of aromatic nitrogens is 5. The van der Waals surface area contributed by atoms with Crippen molar-refractivity contribution in [2.75, 3.05) is 18.0 Å². The third-order valence-corrected chi connectivity index (χ3v) is 5.01. The molecule has 0 radical (unpaired) electrons. The number of anilines is 1. The largest absolute Gasteiger partial charge is 0.353 e. The van der Waals surface area contributed by atoms with E-state index in [9.17, 15) is 4.79 Å². The van der Waals surface area contributed by atoms with E-state index in [1.165, 1.54) is 12.8 Å². The van der Waals surface area contributed by atoms with Crippen LogP contribution in [0.4, 0.5) is 5.82 Å². The molecule has 0 bridgehead atoms. The third kappa shape index (κ3) is 2.77. The summed E-state index contributed by atoms with van der Waals surface area (Å²) in [5.74, 6) is 2.31. The van der Waals surface area contributed by atoms with Crippen molar-refractivity contribution in [1.82, 2.24) is 30.1 Å². The predicted octanol–water partition coefficient (Wildman–Crippen LogP) is 1.41. The molecule has 1 unspecified atom stereocenters. The summed E-state index contributed by atoms with van der Waals surface area (Å²) < 4.78 is 1.87. The maximum Gasteiger partial charge on any atom is 0.251 e. The molecule has 2 fully saturated rings. The molecular formula is C18H19N7O. The van der Waals surface area contributed by atoms with Crippen LogP contribution in [0.1, 0.15) is 41.4 Å². The van der Waals surface area contributed by atoms with Gasteiger partial charge in [-0.2, -0.15) is 4.52 Å². The van der Waals surface area contributed by atoms with Crippen LogP contribution in [0.2, 0.25) is 0 Å². The van der Waals surface area contributed by atoms with Gasteiger partial charge in [-0.25, -0.2) is 0 Å². The van der Waals surface area contributed by atoms with E-state index in [-0.39, 0.29) is 11.9 Å². The van der Waals surface area contributed by atoms with Crippen molar-refractivity contribution in [3.8, 4) is 0 Å². The van der Waals surface area contributed by atoms with E-state index in [1.807, 2.05) is 16.6 Å². The Morgan fingerprint density at radius 2 is 1.92 bits per heavy atom. The van der Waals surface area contributed by atoms with Gasteiger partial charge in [0.2, 0.25) is 0 Å². The van der Waals surface area contributed by atoms with Crippen LogP contribution >= 0.6 is 0 Å². The predicted molar refractivity (Wildman–Crippen MR) is 95.1 cm³/mol. The molecular weight excluding hydrogens is 330 g/mol. The summed E-state index contributed by atoms with van der Waals surface area (Å²) in [5, 5.41) is 16.3. The summed E-state index contributed by atoms with van der Waals surface area (Å²) in [7, 11) is 0. The average molecular weight is 349 g/mol. The average Bonchev–Trinajstić information content (AvgIpc) is 3.26. The van der Waals surface area contributed by atoms with Crippen molar-refractivity contribution in [2.45, 2.75) is 31.2 Å². The number of hydrogen-bond donors (Lipinski definition) is 1. The first-order chi connectivity index (χ1) is 12.8. The molecule has 1 amide bonds. The highest BCUT2D eigenvalue weighted by Gasteiger charge is 2.30. The first kappa shape index (κ1) is 15.2. The molecule has 3 aromatic heterocycles. The van der Waals surface area contributed by atoms with Crippen LogP contribution in [0, 0.1) is 0 Å². The van der Waals surface area contributed by atoms with Gasteiger partial charge >= 0.3 is 0 Å². The number of carbonyl (C=O) groups is 1. The molecule has 1 saturated heterocycles. The molecule has 1 N–H and O–H groups in total.